The molecule has 104 valence electrons. The smallest absolute Gasteiger partial charge is 0.128 e. The van der Waals surface area contributed by atoms with Crippen LogP contribution in [0.3, 0.4) is 0 Å². The Bertz CT molecular complexity index is 643. The highest BCUT2D eigenvalue weighted by molar-refractivity contribution is 6.30. The molecule has 0 aromatic heterocycles. The SMILES string of the molecule is CN(Cc1cc(Cl)ccc1F)c1cccc(C(=N)N)c1. The van der Waals surface area contributed by atoms with Crippen molar-refractivity contribution in [3.63, 3.8) is 0 Å². The number of amidine groups is 1. The number of nitrogens with two attached hydrogens (primary N) is 1. The van der Waals surface area contributed by atoms with Crippen LogP contribution in [0.2, 0.25) is 5.02 Å². The third-order valence-corrected chi connectivity index (χ3v) is 3.25. The number of halogens is 2. The first kappa shape index (κ1) is 14.3. The lowest BCUT2D eigenvalue weighted by atomic mass is 10.1. The molecule has 0 atom stereocenters. The normalized spacial score (nSPS) is 10.3. The monoisotopic (exact) mass is 291 g/mol. The summed E-state index contributed by atoms with van der Waals surface area (Å²) >= 11 is 5.88. The average molecular weight is 292 g/mol. The maximum absolute atomic E-state index is 13.7. The lowest BCUT2D eigenvalue weighted by Gasteiger charge is -2.20. The zero-order chi connectivity index (χ0) is 14.7. The molecule has 0 heterocycles. The fraction of sp³-hybridized carbons (Fsp3) is 0.133. The molecule has 0 radical (unpaired) electrons. The van der Waals surface area contributed by atoms with Gasteiger partial charge in [0.15, 0.2) is 0 Å². The van der Waals surface area contributed by atoms with Gasteiger partial charge in [0.25, 0.3) is 0 Å². The Balaban J connectivity index is 2.23. The number of nitrogens with one attached hydrogen (secondary N) is 1. The first-order valence-electron chi connectivity index (χ1n) is 6.07. The highest BCUT2D eigenvalue weighted by Crippen LogP contribution is 2.20. The van der Waals surface area contributed by atoms with Crippen LogP contribution in [-0.4, -0.2) is 12.9 Å². The Labute approximate surface area is 122 Å². The summed E-state index contributed by atoms with van der Waals surface area (Å²) < 4.78 is 13.7. The van der Waals surface area contributed by atoms with Crippen LogP contribution in [0, 0.1) is 11.2 Å². The standard InChI is InChI=1S/C15H15ClFN3/c1-20(9-11-7-12(16)5-6-14(11)17)13-4-2-3-10(8-13)15(18)19/h2-8H,9H2,1H3,(H3,18,19). The molecule has 2 aromatic rings. The molecule has 2 rings (SSSR count). The molecule has 0 aliphatic rings. The van der Waals surface area contributed by atoms with Gasteiger partial charge in [-0.15, -0.1) is 0 Å². The van der Waals surface area contributed by atoms with Crippen molar-refractivity contribution < 1.29 is 4.39 Å². The van der Waals surface area contributed by atoms with Crippen molar-refractivity contribution in [2.45, 2.75) is 6.54 Å². The lowest BCUT2D eigenvalue weighted by Crippen LogP contribution is -2.18. The second kappa shape index (κ2) is 5.92. The summed E-state index contributed by atoms with van der Waals surface area (Å²) in [6.45, 7) is 0.383. The topological polar surface area (TPSA) is 53.1 Å². The van der Waals surface area contributed by atoms with E-state index in [9.17, 15) is 4.39 Å². The molecular formula is C15H15ClFN3. The minimum absolute atomic E-state index is 0.00851. The number of hydrogen-bond acceptors (Lipinski definition) is 2. The zero-order valence-electron chi connectivity index (χ0n) is 11.0. The largest absolute Gasteiger partial charge is 0.384 e. The van der Waals surface area contributed by atoms with E-state index in [2.05, 4.69) is 0 Å². The average Bonchev–Trinajstić information content (AvgIpc) is 2.43. The number of rotatable bonds is 4. The van der Waals surface area contributed by atoms with Gasteiger partial charge in [0.2, 0.25) is 0 Å². The predicted molar refractivity (Wildman–Crippen MR) is 81.0 cm³/mol. The Morgan fingerprint density at radius 3 is 2.75 bits per heavy atom. The summed E-state index contributed by atoms with van der Waals surface area (Å²) in [6, 6.07) is 11.8. The molecule has 20 heavy (non-hydrogen) atoms. The van der Waals surface area contributed by atoms with Gasteiger partial charge in [-0.05, 0) is 30.3 Å². The Morgan fingerprint density at radius 2 is 2.05 bits per heavy atom. The first-order chi connectivity index (χ1) is 9.47. The van der Waals surface area contributed by atoms with Gasteiger partial charge in [-0.2, -0.15) is 0 Å². The molecule has 3 N–H and O–H groups in total. The molecular weight excluding hydrogens is 277 g/mol. The third-order valence-electron chi connectivity index (χ3n) is 3.01. The summed E-state index contributed by atoms with van der Waals surface area (Å²) in [6.07, 6.45) is 0. The first-order valence-corrected chi connectivity index (χ1v) is 6.44. The van der Waals surface area contributed by atoms with Crippen molar-refractivity contribution >= 4 is 23.1 Å². The van der Waals surface area contributed by atoms with Crippen molar-refractivity contribution in [3.8, 4) is 0 Å². The third kappa shape index (κ3) is 3.27. The van der Waals surface area contributed by atoms with E-state index in [1.165, 1.54) is 12.1 Å². The van der Waals surface area contributed by atoms with E-state index in [0.717, 1.165) is 5.69 Å². The molecule has 0 saturated carbocycles. The van der Waals surface area contributed by atoms with Crippen LogP contribution in [0.15, 0.2) is 42.5 Å². The highest BCUT2D eigenvalue weighted by Gasteiger charge is 2.08. The molecule has 0 unspecified atom stereocenters. The van der Waals surface area contributed by atoms with Gasteiger partial charge in [0, 0.05) is 35.4 Å². The van der Waals surface area contributed by atoms with Crippen molar-refractivity contribution in [3.05, 3.63) is 64.4 Å². The van der Waals surface area contributed by atoms with Gasteiger partial charge in [-0.3, -0.25) is 5.41 Å². The summed E-state index contributed by atoms with van der Waals surface area (Å²) in [4.78, 5) is 1.88. The van der Waals surface area contributed by atoms with Crippen LogP contribution < -0.4 is 10.6 Å². The van der Waals surface area contributed by atoms with E-state index in [0.29, 0.717) is 22.7 Å². The molecule has 0 spiro atoms. The number of nitrogen functional groups attached to an aromatic ring is 1. The molecule has 0 fully saturated rings. The van der Waals surface area contributed by atoms with Crippen LogP contribution in [0.4, 0.5) is 10.1 Å². The fourth-order valence-electron chi connectivity index (χ4n) is 1.92. The van der Waals surface area contributed by atoms with E-state index in [1.807, 2.05) is 24.1 Å². The maximum Gasteiger partial charge on any atom is 0.128 e. The minimum atomic E-state index is -0.288. The summed E-state index contributed by atoms with van der Waals surface area (Å²) in [7, 11) is 1.85. The van der Waals surface area contributed by atoms with Gasteiger partial charge in [-0.1, -0.05) is 23.7 Å². The van der Waals surface area contributed by atoms with Crippen LogP contribution in [0.5, 0.6) is 0 Å². The zero-order valence-corrected chi connectivity index (χ0v) is 11.8. The van der Waals surface area contributed by atoms with E-state index < -0.39 is 0 Å². The van der Waals surface area contributed by atoms with Gasteiger partial charge in [-0.25, -0.2) is 4.39 Å². The molecule has 3 nitrogen and oxygen atoms in total. The quantitative estimate of drug-likeness (QED) is 0.670. The Morgan fingerprint density at radius 1 is 1.30 bits per heavy atom. The highest BCUT2D eigenvalue weighted by atomic mass is 35.5. The Hall–Kier alpha value is -2.07. The Kier molecular flexibility index (Phi) is 4.25. The van der Waals surface area contributed by atoms with E-state index in [4.69, 9.17) is 22.7 Å². The molecule has 0 saturated heterocycles. The van der Waals surface area contributed by atoms with Crippen LogP contribution in [0.25, 0.3) is 0 Å². The number of benzene rings is 2. The van der Waals surface area contributed by atoms with E-state index in [-0.39, 0.29) is 11.7 Å². The van der Waals surface area contributed by atoms with Gasteiger partial charge in [0.05, 0.1) is 0 Å². The van der Waals surface area contributed by atoms with E-state index in [1.54, 1.807) is 18.2 Å². The lowest BCUT2D eigenvalue weighted by molar-refractivity contribution is 0.608. The van der Waals surface area contributed by atoms with Crippen LogP contribution in [-0.2, 0) is 6.54 Å². The van der Waals surface area contributed by atoms with Crippen molar-refractivity contribution in [1.29, 1.82) is 5.41 Å². The van der Waals surface area contributed by atoms with Gasteiger partial charge < -0.3 is 10.6 Å². The molecule has 2 aromatic carbocycles. The second-order valence-electron chi connectivity index (χ2n) is 4.56. The fourth-order valence-corrected chi connectivity index (χ4v) is 2.12. The molecule has 0 aliphatic carbocycles. The van der Waals surface area contributed by atoms with Crippen LogP contribution >= 0.6 is 11.6 Å². The van der Waals surface area contributed by atoms with Crippen molar-refractivity contribution in [1.82, 2.24) is 0 Å². The molecule has 5 heteroatoms. The number of nitrogens with zero attached hydrogens (tertiary/aromatic N) is 1. The molecule has 0 amide bonds. The molecule has 0 bridgehead atoms. The summed E-state index contributed by atoms with van der Waals surface area (Å²) in [5.74, 6) is -0.279. The minimum Gasteiger partial charge on any atom is -0.384 e. The number of anilines is 1. The second-order valence-corrected chi connectivity index (χ2v) is 4.99. The maximum atomic E-state index is 13.7. The van der Waals surface area contributed by atoms with Gasteiger partial charge >= 0.3 is 0 Å². The van der Waals surface area contributed by atoms with Gasteiger partial charge in [0.1, 0.15) is 11.7 Å². The molecule has 0 aliphatic heterocycles. The van der Waals surface area contributed by atoms with Crippen molar-refractivity contribution in [2.75, 3.05) is 11.9 Å². The summed E-state index contributed by atoms with van der Waals surface area (Å²) in [5, 5.41) is 7.94. The van der Waals surface area contributed by atoms with E-state index >= 15 is 0 Å². The number of hydrogen-bond donors (Lipinski definition) is 2. The van der Waals surface area contributed by atoms with Crippen molar-refractivity contribution in [2.24, 2.45) is 5.73 Å². The predicted octanol–water partition coefficient (Wildman–Crippen LogP) is 3.40. The van der Waals surface area contributed by atoms with Crippen LogP contribution in [0.1, 0.15) is 11.1 Å². The summed E-state index contributed by atoms with van der Waals surface area (Å²) in [5.41, 5.74) is 7.49.